The number of morpholine rings is 1. The van der Waals surface area contributed by atoms with Gasteiger partial charge < -0.3 is 9.47 Å². The van der Waals surface area contributed by atoms with Crippen molar-refractivity contribution in [3.05, 3.63) is 35.9 Å². The Kier molecular flexibility index (Phi) is 5.09. The molecule has 0 saturated carbocycles. The molecule has 6 nitrogen and oxygen atoms in total. The monoisotopic (exact) mass is 278 g/mol. The number of carbonyl (C=O) groups is 2. The van der Waals surface area contributed by atoms with Gasteiger partial charge in [0.15, 0.2) is 0 Å². The minimum Gasteiger partial charge on any atom is -0.469 e. The van der Waals surface area contributed by atoms with Crippen LogP contribution in [0.3, 0.4) is 0 Å². The lowest BCUT2D eigenvalue weighted by Crippen LogP contribution is -2.54. The van der Waals surface area contributed by atoms with Crippen molar-refractivity contribution in [1.82, 2.24) is 10.4 Å². The molecule has 0 radical (unpaired) electrons. The first-order valence-electron chi connectivity index (χ1n) is 6.48. The van der Waals surface area contributed by atoms with E-state index in [1.165, 1.54) is 12.1 Å². The number of methoxy groups -OCH3 is 1. The molecule has 1 fully saturated rings. The number of hydrazine groups is 1. The van der Waals surface area contributed by atoms with Crippen LogP contribution in [0.5, 0.6) is 0 Å². The van der Waals surface area contributed by atoms with Gasteiger partial charge in [-0.05, 0) is 5.56 Å². The number of ether oxygens (including phenoxy) is 2. The highest BCUT2D eigenvalue weighted by atomic mass is 16.5. The number of benzene rings is 1. The Morgan fingerprint density at radius 1 is 1.45 bits per heavy atom. The summed E-state index contributed by atoms with van der Waals surface area (Å²) in [5.74, 6) is -0.689. The Balaban J connectivity index is 1.88. The summed E-state index contributed by atoms with van der Waals surface area (Å²) in [6.07, 6.45) is -0.821. The largest absolute Gasteiger partial charge is 0.469 e. The molecule has 1 aromatic carbocycles. The predicted molar refractivity (Wildman–Crippen MR) is 71.4 cm³/mol. The summed E-state index contributed by atoms with van der Waals surface area (Å²) in [5, 5.41) is 1.50. The molecule has 1 aromatic rings. The molecular formula is C14H18N2O4. The smallest absolute Gasteiger partial charge is 0.308 e. The van der Waals surface area contributed by atoms with Crippen LogP contribution >= 0.6 is 0 Å². The highest BCUT2D eigenvalue weighted by molar-refractivity contribution is 5.85. The molecule has 0 aliphatic carbocycles. The maximum absolute atomic E-state index is 12.1. The molecule has 6 heteroatoms. The molecule has 1 heterocycles. The third kappa shape index (κ3) is 3.79. The van der Waals surface area contributed by atoms with E-state index in [4.69, 9.17) is 4.74 Å². The summed E-state index contributed by atoms with van der Waals surface area (Å²) in [6, 6.07) is 9.78. The lowest BCUT2D eigenvalue weighted by atomic mass is 10.2. The van der Waals surface area contributed by atoms with Gasteiger partial charge in [0.05, 0.1) is 26.7 Å². The van der Waals surface area contributed by atoms with Crippen molar-refractivity contribution in [3.8, 4) is 0 Å². The van der Waals surface area contributed by atoms with Crippen LogP contribution < -0.4 is 5.43 Å². The fraction of sp³-hybridized carbons (Fsp3) is 0.429. The zero-order chi connectivity index (χ0) is 14.4. The van der Waals surface area contributed by atoms with E-state index in [0.717, 1.165) is 5.56 Å². The molecule has 20 heavy (non-hydrogen) atoms. The van der Waals surface area contributed by atoms with E-state index in [2.05, 4.69) is 10.2 Å². The van der Waals surface area contributed by atoms with Crippen LogP contribution in [0.4, 0.5) is 0 Å². The van der Waals surface area contributed by atoms with Crippen LogP contribution in [0.15, 0.2) is 30.3 Å². The molecule has 108 valence electrons. The minimum absolute atomic E-state index is 0.0567. The van der Waals surface area contributed by atoms with E-state index in [1.807, 2.05) is 30.3 Å². The Hall–Kier alpha value is -1.92. The number of nitrogens with one attached hydrogen (secondary N) is 1. The second kappa shape index (κ2) is 7.02. The van der Waals surface area contributed by atoms with Crippen LogP contribution in [0.25, 0.3) is 0 Å². The van der Waals surface area contributed by atoms with Gasteiger partial charge in [0.2, 0.25) is 0 Å². The Morgan fingerprint density at radius 3 is 2.90 bits per heavy atom. The number of esters is 1. The lowest BCUT2D eigenvalue weighted by Gasteiger charge is -2.32. The van der Waals surface area contributed by atoms with Crippen molar-refractivity contribution in [2.45, 2.75) is 19.1 Å². The quantitative estimate of drug-likeness (QED) is 0.794. The second-order valence-electron chi connectivity index (χ2n) is 4.45. The van der Waals surface area contributed by atoms with Gasteiger partial charge in [-0.3, -0.25) is 14.6 Å². The Labute approximate surface area is 117 Å². The van der Waals surface area contributed by atoms with Gasteiger partial charge in [0.1, 0.15) is 6.10 Å². The summed E-state index contributed by atoms with van der Waals surface area (Å²) in [5.41, 5.74) is 4.14. The van der Waals surface area contributed by atoms with E-state index >= 15 is 0 Å². The minimum atomic E-state index is -0.764. The van der Waals surface area contributed by atoms with Crippen molar-refractivity contribution in [1.29, 1.82) is 0 Å². The van der Waals surface area contributed by atoms with Gasteiger partial charge in [-0.2, -0.15) is 0 Å². The van der Waals surface area contributed by atoms with Crippen LogP contribution in [0.2, 0.25) is 0 Å². The maximum Gasteiger partial charge on any atom is 0.308 e. The number of hydrogen-bond donors (Lipinski definition) is 1. The molecule has 0 bridgehead atoms. The zero-order valence-electron chi connectivity index (χ0n) is 11.4. The van der Waals surface area contributed by atoms with Gasteiger partial charge in [0, 0.05) is 6.54 Å². The summed E-state index contributed by atoms with van der Waals surface area (Å²) < 4.78 is 9.87. The van der Waals surface area contributed by atoms with Crippen molar-refractivity contribution in [2.75, 3.05) is 20.3 Å². The van der Waals surface area contributed by atoms with Crippen LogP contribution in [0.1, 0.15) is 12.0 Å². The standard InChI is InChI=1S/C14H18N2O4/c1-19-13(17)9-12-14(18)16(7-8-20-12)15-10-11-5-3-2-4-6-11/h2-6,12,15H,7-10H2,1H3/t12-/m0/s1. The molecule has 1 saturated heterocycles. The van der Waals surface area contributed by atoms with Gasteiger partial charge in [-0.15, -0.1) is 0 Å². The van der Waals surface area contributed by atoms with Crippen LogP contribution in [-0.4, -0.2) is 43.3 Å². The normalized spacial score (nSPS) is 18.9. The molecule has 0 spiro atoms. The van der Waals surface area contributed by atoms with E-state index in [-0.39, 0.29) is 12.3 Å². The molecule has 1 aliphatic rings. The van der Waals surface area contributed by atoms with Gasteiger partial charge in [0.25, 0.3) is 5.91 Å². The highest BCUT2D eigenvalue weighted by Gasteiger charge is 2.31. The molecular weight excluding hydrogens is 260 g/mol. The molecule has 0 unspecified atom stereocenters. The summed E-state index contributed by atoms with van der Waals surface area (Å²) in [4.78, 5) is 23.3. The van der Waals surface area contributed by atoms with Crippen molar-refractivity contribution >= 4 is 11.9 Å². The average molecular weight is 278 g/mol. The topological polar surface area (TPSA) is 67.9 Å². The Morgan fingerprint density at radius 2 is 2.20 bits per heavy atom. The van der Waals surface area contributed by atoms with Crippen LogP contribution in [-0.2, 0) is 25.6 Å². The fourth-order valence-corrected chi connectivity index (χ4v) is 1.96. The van der Waals surface area contributed by atoms with Gasteiger partial charge in [-0.1, -0.05) is 30.3 Å². The predicted octanol–water partition coefficient (Wildman–Crippen LogP) is 0.482. The molecule has 1 amide bonds. The molecule has 0 aromatic heterocycles. The van der Waals surface area contributed by atoms with E-state index < -0.39 is 12.1 Å². The van der Waals surface area contributed by atoms with Crippen molar-refractivity contribution in [3.63, 3.8) is 0 Å². The third-order valence-corrected chi connectivity index (χ3v) is 3.07. The first-order valence-corrected chi connectivity index (χ1v) is 6.48. The van der Waals surface area contributed by atoms with Crippen molar-refractivity contribution in [2.24, 2.45) is 0 Å². The first-order chi connectivity index (χ1) is 9.70. The fourth-order valence-electron chi connectivity index (χ4n) is 1.96. The molecule has 1 N–H and O–H groups in total. The van der Waals surface area contributed by atoms with Gasteiger partial charge in [-0.25, -0.2) is 5.43 Å². The summed E-state index contributed by atoms with van der Waals surface area (Å²) >= 11 is 0. The zero-order valence-corrected chi connectivity index (χ0v) is 11.4. The first kappa shape index (κ1) is 14.5. The maximum atomic E-state index is 12.1. The number of carbonyl (C=O) groups excluding carboxylic acids is 2. The van der Waals surface area contributed by atoms with E-state index in [1.54, 1.807) is 0 Å². The van der Waals surface area contributed by atoms with Crippen molar-refractivity contribution < 1.29 is 19.1 Å². The van der Waals surface area contributed by atoms with E-state index in [9.17, 15) is 9.59 Å². The third-order valence-electron chi connectivity index (χ3n) is 3.07. The average Bonchev–Trinajstić information content (AvgIpc) is 2.49. The number of hydrogen-bond acceptors (Lipinski definition) is 5. The lowest BCUT2D eigenvalue weighted by molar-refractivity contribution is -0.164. The SMILES string of the molecule is COC(=O)C[C@@H]1OCCN(NCc2ccccc2)C1=O. The summed E-state index contributed by atoms with van der Waals surface area (Å²) in [6.45, 7) is 1.41. The highest BCUT2D eigenvalue weighted by Crippen LogP contribution is 2.10. The van der Waals surface area contributed by atoms with Gasteiger partial charge >= 0.3 is 5.97 Å². The van der Waals surface area contributed by atoms with E-state index in [0.29, 0.717) is 19.7 Å². The molecule has 2 rings (SSSR count). The molecule has 1 aliphatic heterocycles. The number of nitrogens with zero attached hydrogens (tertiary/aromatic N) is 1. The second-order valence-corrected chi connectivity index (χ2v) is 4.45. The summed E-state index contributed by atoms with van der Waals surface area (Å²) in [7, 11) is 1.29. The Bertz CT molecular complexity index is 464. The number of amides is 1. The van der Waals surface area contributed by atoms with Crippen LogP contribution in [0, 0.1) is 0 Å². The number of rotatable bonds is 5. The molecule has 1 atom stereocenters.